The molecule has 4 unspecified atom stereocenters. The fraction of sp³-hybridized carbons (Fsp3) is 0.750. The Hall–Kier alpha value is -0.930. The van der Waals surface area contributed by atoms with Gasteiger partial charge in [0.1, 0.15) is 0 Å². The van der Waals surface area contributed by atoms with E-state index in [9.17, 15) is 15.0 Å². The molecule has 0 aromatic carbocycles. The molecule has 0 saturated heterocycles. The molecule has 0 aromatic rings. The molecule has 3 saturated carbocycles. The van der Waals surface area contributed by atoms with Gasteiger partial charge in [-0.25, -0.2) is 0 Å². The predicted octanol–water partition coefficient (Wildman–Crippen LogP) is 3.02. The Kier molecular flexibility index (Phi) is 3.10. The summed E-state index contributed by atoms with van der Waals surface area (Å²) in [5.74, 6) is 1.36. The molecule has 0 bridgehead atoms. The van der Waals surface area contributed by atoms with E-state index in [0.29, 0.717) is 17.8 Å². The quantitative estimate of drug-likeness (QED) is 0.722. The van der Waals surface area contributed by atoms with Crippen molar-refractivity contribution in [1.29, 1.82) is 0 Å². The third kappa shape index (κ3) is 1.87. The largest absolute Gasteiger partial charge is 0.390 e. The maximum Gasteiger partial charge on any atom is 0.178 e. The molecule has 0 radical (unpaired) electrons. The number of carbonyl (C=O) groups excluding carboxylic acids is 1. The van der Waals surface area contributed by atoms with Crippen molar-refractivity contribution in [2.45, 2.75) is 64.6 Å². The number of aliphatic hydroxyl groups is 2. The third-order valence-corrected chi connectivity index (χ3v) is 8.14. The highest BCUT2D eigenvalue weighted by molar-refractivity contribution is 6.01. The average molecular weight is 316 g/mol. The van der Waals surface area contributed by atoms with Crippen LogP contribution in [0.15, 0.2) is 23.8 Å². The second kappa shape index (κ2) is 4.58. The molecule has 2 N–H and O–H groups in total. The van der Waals surface area contributed by atoms with Crippen molar-refractivity contribution < 1.29 is 15.0 Å². The normalized spacial score (nSPS) is 55.0. The predicted molar refractivity (Wildman–Crippen MR) is 88.6 cm³/mol. The van der Waals surface area contributed by atoms with Crippen molar-refractivity contribution in [2.75, 3.05) is 0 Å². The number of aliphatic hydroxyl groups excluding tert-OH is 1. The lowest BCUT2D eigenvalue weighted by atomic mass is 9.47. The van der Waals surface area contributed by atoms with Gasteiger partial charge in [0.2, 0.25) is 0 Å². The lowest BCUT2D eigenvalue weighted by molar-refractivity contribution is -0.122. The summed E-state index contributed by atoms with van der Waals surface area (Å²) < 4.78 is 0. The SMILES string of the molecule is C[C@]12C=CC(=O)C=C1C(O)CC1C2CC[C@@]2(C)C1CC[C@]2(C)O. The van der Waals surface area contributed by atoms with Crippen LogP contribution in [0.4, 0.5) is 0 Å². The van der Waals surface area contributed by atoms with Crippen LogP contribution in [-0.2, 0) is 4.79 Å². The van der Waals surface area contributed by atoms with E-state index >= 15 is 0 Å². The summed E-state index contributed by atoms with van der Waals surface area (Å²) in [6, 6.07) is 0. The molecular formula is C20H28O3. The average Bonchev–Trinajstić information content (AvgIpc) is 2.72. The van der Waals surface area contributed by atoms with Gasteiger partial charge in [0, 0.05) is 5.41 Å². The Bertz CT molecular complexity index is 616. The van der Waals surface area contributed by atoms with Crippen LogP contribution in [-0.4, -0.2) is 27.7 Å². The lowest BCUT2D eigenvalue weighted by Gasteiger charge is -2.58. The van der Waals surface area contributed by atoms with Crippen LogP contribution in [0.1, 0.15) is 52.9 Å². The van der Waals surface area contributed by atoms with Gasteiger partial charge in [-0.3, -0.25) is 4.79 Å². The molecular weight excluding hydrogens is 288 g/mol. The number of fused-ring (bicyclic) bond motifs is 5. The van der Waals surface area contributed by atoms with Crippen molar-refractivity contribution in [3.8, 4) is 0 Å². The Labute approximate surface area is 138 Å². The van der Waals surface area contributed by atoms with Crippen molar-refractivity contribution in [3.63, 3.8) is 0 Å². The zero-order chi connectivity index (χ0) is 16.6. The highest BCUT2D eigenvalue weighted by Crippen LogP contribution is 2.66. The zero-order valence-electron chi connectivity index (χ0n) is 14.4. The summed E-state index contributed by atoms with van der Waals surface area (Å²) in [6.45, 7) is 6.44. The number of hydrogen-bond acceptors (Lipinski definition) is 3. The molecule has 0 amide bonds. The molecule has 23 heavy (non-hydrogen) atoms. The molecule has 126 valence electrons. The van der Waals surface area contributed by atoms with Crippen molar-refractivity contribution in [3.05, 3.63) is 23.8 Å². The van der Waals surface area contributed by atoms with Crippen LogP contribution in [0.25, 0.3) is 0 Å². The van der Waals surface area contributed by atoms with Crippen LogP contribution in [0.2, 0.25) is 0 Å². The van der Waals surface area contributed by atoms with Crippen molar-refractivity contribution >= 4 is 5.78 Å². The Morgan fingerprint density at radius 2 is 1.83 bits per heavy atom. The van der Waals surface area contributed by atoms with E-state index in [0.717, 1.165) is 37.7 Å². The van der Waals surface area contributed by atoms with E-state index in [4.69, 9.17) is 0 Å². The Balaban J connectivity index is 1.75. The minimum atomic E-state index is -0.594. The first-order valence-corrected chi connectivity index (χ1v) is 9.05. The van der Waals surface area contributed by atoms with Crippen LogP contribution >= 0.6 is 0 Å². The monoisotopic (exact) mass is 316 g/mol. The minimum absolute atomic E-state index is 0.000535. The summed E-state index contributed by atoms with van der Waals surface area (Å²) >= 11 is 0. The molecule has 4 rings (SSSR count). The maximum absolute atomic E-state index is 11.8. The van der Waals surface area contributed by atoms with Crippen LogP contribution in [0, 0.1) is 28.6 Å². The number of hydrogen-bond donors (Lipinski definition) is 2. The summed E-state index contributed by atoms with van der Waals surface area (Å²) in [5, 5.41) is 21.6. The van der Waals surface area contributed by atoms with E-state index in [1.165, 1.54) is 0 Å². The summed E-state index contributed by atoms with van der Waals surface area (Å²) in [5.41, 5.74) is 0.0777. The van der Waals surface area contributed by atoms with Gasteiger partial charge < -0.3 is 10.2 Å². The number of ketones is 1. The molecule has 0 aromatic heterocycles. The second-order valence-electron chi connectivity index (χ2n) is 9.02. The summed E-state index contributed by atoms with van der Waals surface area (Å²) in [6.07, 6.45) is 9.61. The zero-order valence-corrected chi connectivity index (χ0v) is 14.4. The first-order valence-electron chi connectivity index (χ1n) is 9.05. The third-order valence-electron chi connectivity index (χ3n) is 8.14. The fourth-order valence-electron chi connectivity index (χ4n) is 6.49. The highest BCUT2D eigenvalue weighted by Gasteiger charge is 2.63. The molecule has 4 aliphatic carbocycles. The van der Waals surface area contributed by atoms with Crippen LogP contribution < -0.4 is 0 Å². The first kappa shape index (κ1) is 15.6. The topological polar surface area (TPSA) is 57.5 Å². The maximum atomic E-state index is 11.8. The van der Waals surface area contributed by atoms with E-state index < -0.39 is 11.7 Å². The van der Waals surface area contributed by atoms with Crippen molar-refractivity contribution in [1.82, 2.24) is 0 Å². The standard InChI is InChI=1S/C20H28O3/c1-18-7-4-12(21)10-16(18)17(22)11-13-14(18)5-8-19(2)15(13)6-9-20(19,3)23/h4,7,10,13-15,17,22-23H,5-6,8-9,11H2,1-3H3/t13?,14?,15?,17?,18-,19+,20+/m1/s1. The van der Waals surface area contributed by atoms with Gasteiger partial charge in [-0.2, -0.15) is 0 Å². The minimum Gasteiger partial charge on any atom is -0.390 e. The van der Waals surface area contributed by atoms with Gasteiger partial charge in [-0.1, -0.05) is 19.9 Å². The van der Waals surface area contributed by atoms with Gasteiger partial charge in [0.05, 0.1) is 11.7 Å². The molecule has 0 heterocycles. The highest BCUT2D eigenvalue weighted by atomic mass is 16.3. The van der Waals surface area contributed by atoms with E-state index in [1.54, 1.807) is 12.2 Å². The fourth-order valence-corrected chi connectivity index (χ4v) is 6.49. The smallest absolute Gasteiger partial charge is 0.178 e. The summed E-state index contributed by atoms with van der Waals surface area (Å²) in [4.78, 5) is 11.8. The van der Waals surface area contributed by atoms with Gasteiger partial charge in [-0.15, -0.1) is 0 Å². The number of carbonyl (C=O) groups is 1. The number of rotatable bonds is 0. The Morgan fingerprint density at radius 1 is 1.13 bits per heavy atom. The van der Waals surface area contributed by atoms with Gasteiger partial charge in [0.15, 0.2) is 5.78 Å². The van der Waals surface area contributed by atoms with Gasteiger partial charge >= 0.3 is 0 Å². The van der Waals surface area contributed by atoms with Crippen LogP contribution in [0.3, 0.4) is 0 Å². The molecule has 4 aliphatic rings. The van der Waals surface area contributed by atoms with E-state index in [1.807, 2.05) is 13.0 Å². The molecule has 0 aliphatic heterocycles. The van der Waals surface area contributed by atoms with Crippen LogP contribution in [0.5, 0.6) is 0 Å². The molecule has 7 atom stereocenters. The van der Waals surface area contributed by atoms with Gasteiger partial charge in [-0.05, 0) is 79.9 Å². The molecule has 0 spiro atoms. The first-order chi connectivity index (χ1) is 10.7. The van der Waals surface area contributed by atoms with E-state index in [-0.39, 0.29) is 16.6 Å². The van der Waals surface area contributed by atoms with E-state index in [2.05, 4.69) is 13.8 Å². The lowest BCUT2D eigenvalue weighted by Crippen LogP contribution is -2.55. The van der Waals surface area contributed by atoms with Crippen molar-refractivity contribution in [2.24, 2.45) is 28.6 Å². The molecule has 3 heteroatoms. The van der Waals surface area contributed by atoms with Gasteiger partial charge in [0.25, 0.3) is 0 Å². The molecule has 3 nitrogen and oxygen atoms in total. The summed E-state index contributed by atoms with van der Waals surface area (Å²) in [7, 11) is 0. The molecule has 3 fully saturated rings. The Morgan fingerprint density at radius 3 is 2.57 bits per heavy atom. The second-order valence-corrected chi connectivity index (χ2v) is 9.02. The number of allylic oxidation sites excluding steroid dienone is 3.